The number of rotatable bonds is 7. The molecule has 1 amide bonds. The average molecular weight is 236 g/mol. The molecule has 3 N–H and O–H groups in total. The molecule has 0 aromatic heterocycles. The third-order valence-electron chi connectivity index (χ3n) is 1.53. The van der Waals surface area contributed by atoms with Crippen LogP contribution in [0.3, 0.4) is 0 Å². The van der Waals surface area contributed by atoms with Crippen LogP contribution in [0.25, 0.3) is 0 Å². The summed E-state index contributed by atoms with van der Waals surface area (Å²) in [6.07, 6.45) is -0.129. The summed E-state index contributed by atoms with van der Waals surface area (Å²) < 4.78 is 22.4. The van der Waals surface area contributed by atoms with Crippen molar-refractivity contribution in [3.05, 3.63) is 0 Å². The van der Waals surface area contributed by atoms with Crippen LogP contribution < -0.4 is 11.1 Å². The number of nitrogens with two attached hydrogens (primary N) is 1. The van der Waals surface area contributed by atoms with E-state index in [1.807, 2.05) is 0 Å². The summed E-state index contributed by atoms with van der Waals surface area (Å²) >= 11 is 0. The highest BCUT2D eigenvalue weighted by Gasteiger charge is 2.15. The van der Waals surface area contributed by atoms with E-state index in [0.717, 1.165) is 0 Å². The summed E-state index contributed by atoms with van der Waals surface area (Å²) in [6.45, 7) is 1.84. The van der Waals surface area contributed by atoms with Crippen molar-refractivity contribution in [2.75, 3.05) is 24.6 Å². The fourth-order valence-electron chi connectivity index (χ4n) is 0.930. The van der Waals surface area contributed by atoms with E-state index in [1.54, 1.807) is 0 Å². The standard InChI is InChI=1S/C8H16N2O4S/c1-7(11)6-15(13,14)5-2-8(12)10-4-3-9/h2-6,9H2,1H3,(H,10,12). The van der Waals surface area contributed by atoms with Crippen molar-refractivity contribution >= 4 is 21.5 Å². The SMILES string of the molecule is CC(=O)CS(=O)(=O)CCC(=O)NCCN. The van der Waals surface area contributed by atoms with Crippen LogP contribution in [-0.2, 0) is 19.4 Å². The monoisotopic (exact) mass is 236 g/mol. The number of nitrogens with one attached hydrogen (secondary N) is 1. The van der Waals surface area contributed by atoms with Crippen molar-refractivity contribution in [3.63, 3.8) is 0 Å². The van der Waals surface area contributed by atoms with E-state index in [1.165, 1.54) is 6.92 Å². The molecule has 88 valence electrons. The molecule has 0 saturated carbocycles. The molecule has 0 aliphatic carbocycles. The lowest BCUT2D eigenvalue weighted by molar-refractivity contribution is -0.120. The lowest BCUT2D eigenvalue weighted by atomic mass is 10.4. The molecule has 0 fully saturated rings. The van der Waals surface area contributed by atoms with E-state index < -0.39 is 21.4 Å². The molecule has 0 bridgehead atoms. The molecular formula is C8H16N2O4S. The topological polar surface area (TPSA) is 106 Å². The van der Waals surface area contributed by atoms with E-state index in [0.29, 0.717) is 13.1 Å². The summed E-state index contributed by atoms with van der Waals surface area (Å²) in [5.41, 5.74) is 5.15. The normalized spacial score (nSPS) is 11.1. The number of amides is 1. The Morgan fingerprint density at radius 2 is 1.93 bits per heavy atom. The van der Waals surface area contributed by atoms with Gasteiger partial charge >= 0.3 is 0 Å². The quantitative estimate of drug-likeness (QED) is 0.557. The van der Waals surface area contributed by atoms with Crippen molar-refractivity contribution in [3.8, 4) is 0 Å². The van der Waals surface area contributed by atoms with Crippen LogP contribution >= 0.6 is 0 Å². The van der Waals surface area contributed by atoms with Gasteiger partial charge in [0, 0.05) is 19.5 Å². The van der Waals surface area contributed by atoms with Gasteiger partial charge < -0.3 is 11.1 Å². The number of Topliss-reactive ketones (excluding diaryl/α,β-unsaturated/α-hetero) is 1. The molecule has 7 heteroatoms. The summed E-state index contributed by atoms with van der Waals surface area (Å²) in [4.78, 5) is 21.6. The van der Waals surface area contributed by atoms with E-state index in [-0.39, 0.29) is 18.1 Å². The molecule has 0 atom stereocenters. The first-order valence-electron chi connectivity index (χ1n) is 4.54. The predicted octanol–water partition coefficient (Wildman–Crippen LogP) is -1.54. The molecule has 0 heterocycles. The number of carbonyl (C=O) groups is 2. The Kier molecular flexibility index (Phi) is 6.11. The molecule has 0 aromatic rings. The maximum atomic E-state index is 11.2. The lowest BCUT2D eigenvalue weighted by Gasteiger charge is -2.03. The zero-order chi connectivity index (χ0) is 11.9. The Morgan fingerprint density at radius 1 is 1.33 bits per heavy atom. The maximum Gasteiger partial charge on any atom is 0.221 e. The van der Waals surface area contributed by atoms with E-state index in [2.05, 4.69) is 5.32 Å². The number of carbonyl (C=O) groups excluding carboxylic acids is 2. The predicted molar refractivity (Wildman–Crippen MR) is 56.0 cm³/mol. The summed E-state index contributed by atoms with van der Waals surface area (Å²) in [7, 11) is -3.44. The minimum atomic E-state index is -3.44. The van der Waals surface area contributed by atoms with Gasteiger partial charge in [-0.25, -0.2) is 8.42 Å². The van der Waals surface area contributed by atoms with Crippen molar-refractivity contribution in [2.24, 2.45) is 5.73 Å². The highest BCUT2D eigenvalue weighted by Crippen LogP contribution is 1.94. The highest BCUT2D eigenvalue weighted by atomic mass is 32.2. The highest BCUT2D eigenvalue weighted by molar-refractivity contribution is 7.92. The molecule has 0 aliphatic rings. The zero-order valence-electron chi connectivity index (χ0n) is 8.65. The second-order valence-corrected chi connectivity index (χ2v) is 5.37. The Bertz CT molecular complexity index is 324. The fourth-order valence-corrected chi connectivity index (χ4v) is 2.19. The van der Waals surface area contributed by atoms with Gasteiger partial charge in [0.1, 0.15) is 11.5 Å². The Labute approximate surface area is 89.1 Å². The summed E-state index contributed by atoms with van der Waals surface area (Å²) in [6, 6.07) is 0. The molecule has 0 spiro atoms. The van der Waals surface area contributed by atoms with Gasteiger partial charge in [-0.2, -0.15) is 0 Å². The first-order chi connectivity index (χ1) is 6.87. The van der Waals surface area contributed by atoms with Gasteiger partial charge in [-0.1, -0.05) is 0 Å². The van der Waals surface area contributed by atoms with Gasteiger partial charge in [-0.05, 0) is 6.92 Å². The maximum absolute atomic E-state index is 11.2. The molecule has 0 radical (unpaired) electrons. The summed E-state index contributed by atoms with van der Waals surface area (Å²) in [5, 5.41) is 2.44. The molecule has 0 unspecified atom stereocenters. The Balaban J connectivity index is 3.93. The van der Waals surface area contributed by atoms with Gasteiger partial charge in [-0.3, -0.25) is 9.59 Å². The molecule has 0 aromatic carbocycles. The van der Waals surface area contributed by atoms with Gasteiger partial charge in [0.25, 0.3) is 0 Å². The minimum Gasteiger partial charge on any atom is -0.355 e. The van der Waals surface area contributed by atoms with Gasteiger partial charge in [-0.15, -0.1) is 0 Å². The summed E-state index contributed by atoms with van der Waals surface area (Å²) in [5.74, 6) is -1.59. The van der Waals surface area contributed by atoms with E-state index in [9.17, 15) is 18.0 Å². The van der Waals surface area contributed by atoms with Gasteiger partial charge in [0.05, 0.1) is 5.75 Å². The molecule has 0 saturated heterocycles. The van der Waals surface area contributed by atoms with Crippen LogP contribution in [0.5, 0.6) is 0 Å². The first kappa shape index (κ1) is 14.1. The molecule has 6 nitrogen and oxygen atoms in total. The average Bonchev–Trinajstić information content (AvgIpc) is 2.09. The second kappa shape index (κ2) is 6.52. The van der Waals surface area contributed by atoms with E-state index in [4.69, 9.17) is 5.73 Å². The number of sulfone groups is 1. The molecule has 0 aliphatic heterocycles. The molecule has 0 rings (SSSR count). The Morgan fingerprint density at radius 3 is 2.40 bits per heavy atom. The fraction of sp³-hybridized carbons (Fsp3) is 0.750. The smallest absolute Gasteiger partial charge is 0.221 e. The number of ketones is 1. The lowest BCUT2D eigenvalue weighted by Crippen LogP contribution is -2.31. The van der Waals surface area contributed by atoms with Gasteiger partial charge in [0.15, 0.2) is 9.84 Å². The van der Waals surface area contributed by atoms with Crippen LogP contribution in [0.1, 0.15) is 13.3 Å². The van der Waals surface area contributed by atoms with Crippen molar-refractivity contribution in [1.29, 1.82) is 0 Å². The van der Waals surface area contributed by atoms with Crippen LogP contribution in [0.15, 0.2) is 0 Å². The van der Waals surface area contributed by atoms with Crippen LogP contribution in [0, 0.1) is 0 Å². The van der Waals surface area contributed by atoms with Crippen LogP contribution in [0.2, 0.25) is 0 Å². The zero-order valence-corrected chi connectivity index (χ0v) is 9.47. The van der Waals surface area contributed by atoms with Crippen LogP contribution in [-0.4, -0.2) is 44.7 Å². The third-order valence-corrected chi connectivity index (χ3v) is 3.20. The number of hydrogen-bond acceptors (Lipinski definition) is 5. The number of hydrogen-bond donors (Lipinski definition) is 2. The van der Waals surface area contributed by atoms with E-state index >= 15 is 0 Å². The second-order valence-electron chi connectivity index (χ2n) is 3.18. The van der Waals surface area contributed by atoms with Crippen molar-refractivity contribution in [2.45, 2.75) is 13.3 Å². The third kappa shape index (κ3) is 8.07. The Hall–Kier alpha value is -0.950. The van der Waals surface area contributed by atoms with Crippen molar-refractivity contribution < 1.29 is 18.0 Å². The van der Waals surface area contributed by atoms with Crippen LogP contribution in [0.4, 0.5) is 0 Å². The van der Waals surface area contributed by atoms with Crippen molar-refractivity contribution in [1.82, 2.24) is 5.32 Å². The molecular weight excluding hydrogens is 220 g/mol. The first-order valence-corrected chi connectivity index (χ1v) is 6.36. The van der Waals surface area contributed by atoms with Gasteiger partial charge in [0.2, 0.25) is 5.91 Å². The largest absolute Gasteiger partial charge is 0.355 e. The molecule has 15 heavy (non-hydrogen) atoms. The minimum absolute atomic E-state index is 0.129.